The minimum atomic E-state index is -0.168. The van der Waals surface area contributed by atoms with Gasteiger partial charge in [0.1, 0.15) is 0 Å². The van der Waals surface area contributed by atoms with Crippen molar-refractivity contribution in [2.45, 2.75) is 31.7 Å². The van der Waals surface area contributed by atoms with Crippen molar-refractivity contribution in [2.75, 3.05) is 6.54 Å². The highest BCUT2D eigenvalue weighted by Crippen LogP contribution is 2.33. The highest BCUT2D eigenvalue weighted by Gasteiger charge is 2.35. The fraction of sp³-hybridized carbons (Fsp3) is 0.889. The van der Waals surface area contributed by atoms with Crippen LogP contribution < -0.4 is 11.1 Å². The summed E-state index contributed by atoms with van der Waals surface area (Å²) in [6.07, 6.45) is 4.99. The monoisotopic (exact) mass is 168 g/mol. The Morgan fingerprint density at radius 3 is 2.50 bits per heavy atom. The highest BCUT2D eigenvalue weighted by atomic mass is 16.1. The number of nitrogens with two attached hydrogens (primary N) is 1. The third kappa shape index (κ3) is 1.97. The number of carbonyl (C=O) groups excluding carboxylic acids is 1. The van der Waals surface area contributed by atoms with Gasteiger partial charge in [0.15, 0.2) is 0 Å². The fourth-order valence-corrected chi connectivity index (χ4v) is 1.54. The number of nitrogens with one attached hydrogen (secondary N) is 1. The van der Waals surface area contributed by atoms with Crippen LogP contribution in [-0.2, 0) is 4.79 Å². The van der Waals surface area contributed by atoms with Crippen LogP contribution >= 0.6 is 0 Å². The molecule has 0 unspecified atom stereocenters. The molecule has 0 spiro atoms. The van der Waals surface area contributed by atoms with Gasteiger partial charge < -0.3 is 11.1 Å². The number of hydrogen-bond donors (Lipinski definition) is 2. The van der Waals surface area contributed by atoms with Crippen molar-refractivity contribution in [1.82, 2.24) is 5.32 Å². The molecular weight excluding hydrogens is 152 g/mol. The van der Waals surface area contributed by atoms with E-state index >= 15 is 0 Å². The lowest BCUT2D eigenvalue weighted by Crippen LogP contribution is -2.43. The average Bonchev–Trinajstić information content (AvgIpc) is 2.82. The Bertz CT molecular complexity index is 185. The molecule has 0 aromatic carbocycles. The van der Waals surface area contributed by atoms with Gasteiger partial charge in [-0.05, 0) is 44.1 Å². The van der Waals surface area contributed by atoms with Crippen LogP contribution in [0.5, 0.6) is 0 Å². The van der Waals surface area contributed by atoms with Crippen LogP contribution in [0.1, 0.15) is 25.7 Å². The summed E-state index contributed by atoms with van der Waals surface area (Å²) in [4.78, 5) is 11.0. The molecule has 68 valence electrons. The first-order chi connectivity index (χ1) is 5.77. The molecule has 0 radical (unpaired) electrons. The molecule has 2 fully saturated rings. The second kappa shape index (κ2) is 3.05. The fourth-order valence-electron chi connectivity index (χ4n) is 1.54. The molecule has 2 saturated carbocycles. The zero-order chi connectivity index (χ0) is 8.55. The van der Waals surface area contributed by atoms with E-state index in [-0.39, 0.29) is 11.9 Å². The first kappa shape index (κ1) is 8.05. The summed E-state index contributed by atoms with van der Waals surface area (Å²) in [6, 6.07) is -0.0365. The molecular formula is C9H16N2O. The predicted molar refractivity (Wildman–Crippen MR) is 46.4 cm³/mol. The molecule has 2 aliphatic rings. The van der Waals surface area contributed by atoms with E-state index < -0.39 is 0 Å². The molecule has 2 rings (SSSR count). The highest BCUT2D eigenvalue weighted by molar-refractivity contribution is 5.80. The van der Waals surface area contributed by atoms with Crippen LogP contribution in [0.25, 0.3) is 0 Å². The van der Waals surface area contributed by atoms with Crippen molar-refractivity contribution in [3.63, 3.8) is 0 Å². The second-order valence-corrected chi connectivity index (χ2v) is 4.07. The van der Waals surface area contributed by atoms with Gasteiger partial charge in [-0.25, -0.2) is 0 Å². The van der Waals surface area contributed by atoms with Gasteiger partial charge in [0.05, 0.1) is 6.04 Å². The molecule has 0 heterocycles. The van der Waals surface area contributed by atoms with Gasteiger partial charge in [0.25, 0.3) is 0 Å². The molecule has 0 bridgehead atoms. The maximum atomic E-state index is 11.0. The average molecular weight is 168 g/mol. The summed E-state index contributed by atoms with van der Waals surface area (Å²) in [6.45, 7) is 0.990. The lowest BCUT2D eigenvalue weighted by atomic mass is 10.1. The summed E-state index contributed by atoms with van der Waals surface area (Å²) in [7, 11) is 0. The molecule has 0 saturated heterocycles. The quantitative estimate of drug-likeness (QED) is 0.618. The van der Waals surface area contributed by atoms with Gasteiger partial charge in [-0.15, -0.1) is 0 Å². The van der Waals surface area contributed by atoms with Gasteiger partial charge in [0, 0.05) is 0 Å². The molecule has 3 nitrogen and oxygen atoms in total. The SMILES string of the molecule is NC(=O)[C@H](NCC1CC1)C1CC1. The zero-order valence-corrected chi connectivity index (χ0v) is 7.25. The van der Waals surface area contributed by atoms with E-state index in [1.165, 1.54) is 25.7 Å². The van der Waals surface area contributed by atoms with E-state index in [1.807, 2.05) is 0 Å². The van der Waals surface area contributed by atoms with E-state index in [9.17, 15) is 4.79 Å². The maximum Gasteiger partial charge on any atom is 0.234 e. The van der Waals surface area contributed by atoms with Crippen LogP contribution in [0.2, 0.25) is 0 Å². The van der Waals surface area contributed by atoms with E-state index in [1.54, 1.807) is 0 Å². The number of hydrogen-bond acceptors (Lipinski definition) is 2. The largest absolute Gasteiger partial charge is 0.368 e. The maximum absolute atomic E-state index is 11.0. The van der Waals surface area contributed by atoms with E-state index in [0.29, 0.717) is 5.92 Å². The van der Waals surface area contributed by atoms with Crippen LogP contribution in [-0.4, -0.2) is 18.5 Å². The van der Waals surface area contributed by atoms with Crippen LogP contribution in [0, 0.1) is 11.8 Å². The van der Waals surface area contributed by atoms with Crippen molar-refractivity contribution in [3.8, 4) is 0 Å². The first-order valence-corrected chi connectivity index (χ1v) is 4.80. The van der Waals surface area contributed by atoms with Crippen LogP contribution in [0.4, 0.5) is 0 Å². The Morgan fingerprint density at radius 2 is 2.08 bits per heavy atom. The molecule has 0 aromatic heterocycles. The molecule has 2 aliphatic carbocycles. The van der Waals surface area contributed by atoms with Crippen LogP contribution in [0.3, 0.4) is 0 Å². The van der Waals surface area contributed by atoms with Crippen molar-refractivity contribution in [2.24, 2.45) is 17.6 Å². The Kier molecular flexibility index (Phi) is 2.05. The van der Waals surface area contributed by atoms with Crippen molar-refractivity contribution in [3.05, 3.63) is 0 Å². The molecule has 12 heavy (non-hydrogen) atoms. The second-order valence-electron chi connectivity index (χ2n) is 4.07. The zero-order valence-electron chi connectivity index (χ0n) is 7.25. The van der Waals surface area contributed by atoms with Crippen molar-refractivity contribution < 1.29 is 4.79 Å². The number of primary amides is 1. The Balaban J connectivity index is 1.75. The van der Waals surface area contributed by atoms with Gasteiger partial charge in [-0.1, -0.05) is 0 Å². The van der Waals surface area contributed by atoms with E-state index in [4.69, 9.17) is 5.73 Å². The Morgan fingerprint density at radius 1 is 1.42 bits per heavy atom. The number of amides is 1. The molecule has 0 aromatic rings. The first-order valence-electron chi connectivity index (χ1n) is 4.80. The topological polar surface area (TPSA) is 55.1 Å². The minimum absolute atomic E-state index is 0.0365. The summed E-state index contributed by atoms with van der Waals surface area (Å²) < 4.78 is 0. The molecule has 3 N–H and O–H groups in total. The lowest BCUT2D eigenvalue weighted by molar-refractivity contribution is -0.120. The lowest BCUT2D eigenvalue weighted by Gasteiger charge is -2.13. The molecule has 0 aliphatic heterocycles. The summed E-state index contributed by atoms with van der Waals surface area (Å²) in [5.41, 5.74) is 5.28. The Hall–Kier alpha value is -0.570. The van der Waals surface area contributed by atoms with Gasteiger partial charge in [-0.2, -0.15) is 0 Å². The van der Waals surface area contributed by atoms with Gasteiger partial charge in [-0.3, -0.25) is 4.79 Å². The minimum Gasteiger partial charge on any atom is -0.368 e. The van der Waals surface area contributed by atoms with E-state index in [2.05, 4.69) is 5.32 Å². The number of rotatable bonds is 5. The normalized spacial score (nSPS) is 25.3. The number of carbonyl (C=O) groups is 1. The smallest absolute Gasteiger partial charge is 0.234 e. The molecule has 1 atom stereocenters. The Labute approximate surface area is 72.7 Å². The van der Waals surface area contributed by atoms with Crippen molar-refractivity contribution >= 4 is 5.91 Å². The molecule has 1 amide bonds. The third-order valence-electron chi connectivity index (χ3n) is 2.72. The van der Waals surface area contributed by atoms with Gasteiger partial charge in [0.2, 0.25) is 5.91 Å². The van der Waals surface area contributed by atoms with Crippen molar-refractivity contribution in [1.29, 1.82) is 0 Å². The van der Waals surface area contributed by atoms with Gasteiger partial charge >= 0.3 is 0 Å². The molecule has 3 heteroatoms. The summed E-state index contributed by atoms with van der Waals surface area (Å²) >= 11 is 0. The summed E-state index contributed by atoms with van der Waals surface area (Å²) in [5.74, 6) is 1.20. The summed E-state index contributed by atoms with van der Waals surface area (Å²) in [5, 5.41) is 3.27. The van der Waals surface area contributed by atoms with Crippen LogP contribution in [0.15, 0.2) is 0 Å². The standard InChI is InChI=1S/C9H16N2O/c10-9(12)8(7-3-4-7)11-5-6-1-2-6/h6-8,11H,1-5H2,(H2,10,12)/t8-/m1/s1. The van der Waals surface area contributed by atoms with E-state index in [0.717, 1.165) is 12.5 Å². The predicted octanol–water partition coefficient (Wildman–Crippen LogP) is 0.250. The third-order valence-corrected chi connectivity index (χ3v) is 2.72.